The monoisotopic (exact) mass is 1020 g/mol. The van der Waals surface area contributed by atoms with Crippen LogP contribution in [0.25, 0.3) is 22.5 Å². The number of hydrogen-bond acceptors (Lipinski definition) is 14. The molecule has 0 radical (unpaired) electrons. The average molecular weight is 1030 g/mol. The molecule has 10 rings (SSSR count). The standard InChI is InChI=1S/2C26H33ClN6O3/c2*1-16(18-3-2-8-28-12-18)30-23(34)15-33-14-19-5-4-17(11-21(19)25(33)35)24-22(27)13-29-26(32-24)31-20-6-9-36-10-7-20/h2*4-5,11,13,16,18,20,28H,2-3,6-10,12,14-15H2,1H3,(H,30,34)(H,29,31,32)/t16-,18+;16-,18-/m11/s1. The summed E-state index contributed by atoms with van der Waals surface area (Å²) in [4.78, 5) is 72.9. The van der Waals surface area contributed by atoms with E-state index in [1.165, 1.54) is 0 Å². The predicted molar refractivity (Wildman–Crippen MR) is 276 cm³/mol. The first kappa shape index (κ1) is 51.4. The first-order valence-corrected chi connectivity index (χ1v) is 26.3. The van der Waals surface area contributed by atoms with Gasteiger partial charge in [0, 0.05) is 85.9 Å². The van der Waals surface area contributed by atoms with E-state index in [9.17, 15) is 19.2 Å². The van der Waals surface area contributed by atoms with Gasteiger partial charge in [-0.1, -0.05) is 47.5 Å². The van der Waals surface area contributed by atoms with Crippen LogP contribution in [0, 0.1) is 11.8 Å². The average Bonchev–Trinajstić information content (AvgIpc) is 3.88. The number of fused-ring (bicyclic) bond motifs is 2. The van der Waals surface area contributed by atoms with Crippen LogP contribution in [0.1, 0.15) is 97.1 Å². The number of ether oxygens (including phenoxy) is 2. The van der Waals surface area contributed by atoms with Crippen LogP contribution in [0.3, 0.4) is 0 Å². The van der Waals surface area contributed by atoms with E-state index in [2.05, 4.69) is 51.8 Å². The Morgan fingerprint density at radius 1 is 0.653 bits per heavy atom. The summed E-state index contributed by atoms with van der Waals surface area (Å²) in [6.45, 7) is 11.8. The molecule has 4 aromatic rings. The number of anilines is 2. The normalized spacial score (nSPS) is 21.2. The Hall–Kier alpha value is -5.50. The van der Waals surface area contributed by atoms with E-state index in [-0.39, 0.29) is 60.9 Å². The second-order valence-corrected chi connectivity index (χ2v) is 20.6. The van der Waals surface area contributed by atoms with Gasteiger partial charge < -0.3 is 51.2 Å². The van der Waals surface area contributed by atoms with Crippen LogP contribution in [0.5, 0.6) is 0 Å². The van der Waals surface area contributed by atoms with Crippen molar-refractivity contribution in [1.82, 2.24) is 51.0 Å². The molecular weight excluding hydrogens is 960 g/mol. The lowest BCUT2D eigenvalue weighted by atomic mass is 9.93. The van der Waals surface area contributed by atoms with Crippen molar-refractivity contribution in [3.05, 3.63) is 81.1 Å². The smallest absolute Gasteiger partial charge is 0.254 e. The molecule has 72 heavy (non-hydrogen) atoms. The molecule has 0 saturated carbocycles. The fraction of sp³-hybridized carbons (Fsp3) is 0.538. The molecule has 4 atom stereocenters. The Morgan fingerprint density at radius 2 is 1.07 bits per heavy atom. The Balaban J connectivity index is 0.000000178. The van der Waals surface area contributed by atoms with Crippen LogP contribution in [-0.4, -0.2) is 143 Å². The summed E-state index contributed by atoms with van der Waals surface area (Å²) in [6.07, 6.45) is 11.2. The quantitative estimate of drug-likeness (QED) is 0.0895. The number of nitrogens with one attached hydrogen (secondary N) is 6. The molecule has 2 aromatic carbocycles. The number of carbonyl (C=O) groups excluding carboxylic acids is 4. The Labute approximate surface area is 430 Å². The summed E-state index contributed by atoms with van der Waals surface area (Å²) >= 11 is 12.9. The first-order chi connectivity index (χ1) is 34.9. The highest BCUT2D eigenvalue weighted by Crippen LogP contribution is 2.34. The van der Waals surface area contributed by atoms with Crippen LogP contribution in [-0.2, 0) is 32.2 Å². The fourth-order valence-corrected chi connectivity index (χ4v) is 10.8. The second kappa shape index (κ2) is 24.0. The Bertz CT molecular complexity index is 2410. The molecule has 4 saturated heterocycles. The number of benzene rings is 2. The van der Waals surface area contributed by atoms with Crippen LogP contribution in [0.4, 0.5) is 11.9 Å². The minimum atomic E-state index is -0.153. The highest BCUT2D eigenvalue weighted by atomic mass is 35.5. The minimum absolute atomic E-state index is 0.0424. The van der Waals surface area contributed by atoms with E-state index in [0.717, 1.165) is 126 Å². The van der Waals surface area contributed by atoms with Crippen molar-refractivity contribution in [1.29, 1.82) is 0 Å². The summed E-state index contributed by atoms with van der Waals surface area (Å²) < 4.78 is 10.8. The van der Waals surface area contributed by atoms with Crippen molar-refractivity contribution in [2.45, 2.75) is 102 Å². The van der Waals surface area contributed by atoms with Crippen molar-refractivity contribution >= 4 is 58.7 Å². The summed E-state index contributed by atoms with van der Waals surface area (Å²) in [7, 11) is 0. The molecular formula is C52H66Cl2N12O6. The number of rotatable bonds is 14. The molecule has 8 heterocycles. The highest BCUT2D eigenvalue weighted by molar-refractivity contribution is 6.33. The van der Waals surface area contributed by atoms with Gasteiger partial charge in [0.05, 0.1) is 33.8 Å². The van der Waals surface area contributed by atoms with Gasteiger partial charge >= 0.3 is 0 Å². The molecule has 20 heteroatoms. The lowest BCUT2D eigenvalue weighted by Gasteiger charge is -2.29. The Morgan fingerprint density at radius 3 is 1.46 bits per heavy atom. The number of carbonyl (C=O) groups is 4. The molecule has 384 valence electrons. The molecule has 0 unspecified atom stereocenters. The molecule has 0 aliphatic carbocycles. The zero-order valence-corrected chi connectivity index (χ0v) is 42.6. The summed E-state index contributed by atoms with van der Waals surface area (Å²) in [5.74, 6) is 1.29. The van der Waals surface area contributed by atoms with Crippen molar-refractivity contribution in [3.63, 3.8) is 0 Å². The third kappa shape index (κ3) is 12.8. The van der Waals surface area contributed by atoms with Crippen LogP contribution >= 0.6 is 23.2 Å². The van der Waals surface area contributed by atoms with Crippen molar-refractivity contribution in [3.8, 4) is 22.5 Å². The molecule has 6 N–H and O–H groups in total. The van der Waals surface area contributed by atoms with Crippen molar-refractivity contribution in [2.24, 2.45) is 11.8 Å². The molecule has 6 aliphatic rings. The van der Waals surface area contributed by atoms with Crippen LogP contribution in [0.2, 0.25) is 10.0 Å². The van der Waals surface area contributed by atoms with Crippen molar-refractivity contribution in [2.75, 3.05) is 76.3 Å². The number of aromatic nitrogens is 4. The van der Waals surface area contributed by atoms with E-state index in [0.29, 0.717) is 69.4 Å². The van der Waals surface area contributed by atoms with Gasteiger partial charge in [-0.2, -0.15) is 0 Å². The number of nitrogens with zero attached hydrogens (tertiary/aromatic N) is 6. The van der Waals surface area contributed by atoms with Gasteiger partial charge in [0.1, 0.15) is 13.1 Å². The fourth-order valence-electron chi connectivity index (χ4n) is 10.4. The molecule has 4 amide bonds. The number of hydrogen-bond donors (Lipinski definition) is 6. The molecule has 4 fully saturated rings. The van der Waals surface area contributed by atoms with E-state index >= 15 is 0 Å². The maximum absolute atomic E-state index is 13.2. The number of halogens is 2. The third-order valence-corrected chi connectivity index (χ3v) is 15.2. The van der Waals surface area contributed by atoms with Crippen LogP contribution in [0.15, 0.2) is 48.8 Å². The number of amides is 4. The van der Waals surface area contributed by atoms with E-state index in [1.807, 2.05) is 50.2 Å². The molecule has 6 aliphatic heterocycles. The van der Waals surface area contributed by atoms with Gasteiger partial charge in [-0.05, 0) is 126 Å². The maximum Gasteiger partial charge on any atom is 0.254 e. The third-order valence-electron chi connectivity index (χ3n) is 14.7. The Kier molecular flexibility index (Phi) is 17.2. The summed E-state index contributed by atoms with van der Waals surface area (Å²) in [6, 6.07) is 12.0. The lowest BCUT2D eigenvalue weighted by Crippen LogP contribution is -2.47. The SMILES string of the molecule is C[C@@H](NC(=O)CN1Cc2ccc(-c3nc(NC4CCOCC4)ncc3Cl)cc2C1=O)[C@@H]1CCCNC1.C[C@@H](NC(=O)CN1Cc2ccc(-c3nc(NC4CCOCC4)ncc3Cl)cc2C1=O)[C@H]1CCCNC1. The van der Waals surface area contributed by atoms with Gasteiger partial charge in [-0.15, -0.1) is 0 Å². The van der Waals surface area contributed by atoms with E-state index < -0.39 is 0 Å². The van der Waals surface area contributed by atoms with Gasteiger partial charge in [-0.25, -0.2) is 19.9 Å². The molecule has 2 aromatic heterocycles. The van der Waals surface area contributed by atoms with E-state index in [1.54, 1.807) is 22.2 Å². The number of piperidine rings is 2. The van der Waals surface area contributed by atoms with Gasteiger partial charge in [0.25, 0.3) is 11.8 Å². The summed E-state index contributed by atoms with van der Waals surface area (Å²) in [5, 5.41) is 20.5. The first-order valence-electron chi connectivity index (χ1n) is 25.5. The van der Waals surface area contributed by atoms with Gasteiger partial charge in [0.2, 0.25) is 23.7 Å². The lowest BCUT2D eigenvalue weighted by molar-refractivity contribution is -0.123. The van der Waals surface area contributed by atoms with Gasteiger partial charge in [-0.3, -0.25) is 19.2 Å². The van der Waals surface area contributed by atoms with E-state index in [4.69, 9.17) is 32.7 Å². The minimum Gasteiger partial charge on any atom is -0.381 e. The largest absolute Gasteiger partial charge is 0.381 e. The zero-order chi connectivity index (χ0) is 50.1. The van der Waals surface area contributed by atoms with Crippen molar-refractivity contribution < 1.29 is 28.7 Å². The maximum atomic E-state index is 13.2. The van der Waals surface area contributed by atoms with Gasteiger partial charge in [0.15, 0.2) is 0 Å². The van der Waals surface area contributed by atoms with Crippen LogP contribution < -0.4 is 31.9 Å². The topological polar surface area (TPSA) is 217 Å². The zero-order valence-electron chi connectivity index (χ0n) is 41.1. The molecule has 0 bridgehead atoms. The predicted octanol–water partition coefficient (Wildman–Crippen LogP) is 5.70. The molecule has 0 spiro atoms. The summed E-state index contributed by atoms with van der Waals surface area (Å²) in [5.41, 5.74) is 5.59. The molecule has 18 nitrogen and oxygen atoms in total. The highest BCUT2D eigenvalue weighted by Gasteiger charge is 2.33. The second-order valence-electron chi connectivity index (χ2n) is 19.8.